The van der Waals surface area contributed by atoms with Crippen molar-refractivity contribution in [3.63, 3.8) is 0 Å². The van der Waals surface area contributed by atoms with Gasteiger partial charge in [-0.25, -0.2) is 0 Å². The summed E-state index contributed by atoms with van der Waals surface area (Å²) < 4.78 is 11.6. The molecule has 1 aromatic heterocycles. The monoisotopic (exact) mass is 406 g/mol. The van der Waals surface area contributed by atoms with Gasteiger partial charge >= 0.3 is 0 Å². The number of methoxy groups -OCH3 is 2. The van der Waals surface area contributed by atoms with E-state index in [1.54, 1.807) is 69.7 Å². The lowest BCUT2D eigenvalue weighted by Gasteiger charge is -2.16. The van der Waals surface area contributed by atoms with E-state index in [4.69, 9.17) is 9.47 Å². The lowest BCUT2D eigenvalue weighted by Crippen LogP contribution is -2.29. The first kappa shape index (κ1) is 20.9. The van der Waals surface area contributed by atoms with E-state index >= 15 is 0 Å². The van der Waals surface area contributed by atoms with Crippen LogP contribution in [0.25, 0.3) is 5.69 Å². The second kappa shape index (κ2) is 8.65. The third-order valence-electron chi connectivity index (χ3n) is 4.75. The van der Waals surface area contributed by atoms with Gasteiger partial charge in [-0.05, 0) is 68.4 Å². The van der Waals surface area contributed by atoms with E-state index in [9.17, 15) is 14.4 Å². The summed E-state index contributed by atoms with van der Waals surface area (Å²) in [6.45, 7) is 2.97. The van der Waals surface area contributed by atoms with Crippen LogP contribution in [-0.2, 0) is 0 Å². The molecule has 7 nitrogen and oxygen atoms in total. The Balaban J connectivity index is 2.09. The number of nitrogens with zero attached hydrogens (tertiary/aromatic N) is 1. The minimum Gasteiger partial charge on any atom is -0.497 e. The van der Waals surface area contributed by atoms with Crippen molar-refractivity contribution in [2.75, 3.05) is 19.5 Å². The number of carbonyl (C=O) groups excluding carboxylic acids is 2. The molecule has 0 saturated heterocycles. The first-order valence-electron chi connectivity index (χ1n) is 9.23. The molecular weight excluding hydrogens is 384 g/mol. The predicted molar refractivity (Wildman–Crippen MR) is 114 cm³/mol. The Hall–Kier alpha value is -3.87. The number of benzene rings is 2. The Bertz CT molecular complexity index is 1150. The Morgan fingerprint density at radius 3 is 1.90 bits per heavy atom. The molecule has 1 heterocycles. The summed E-state index contributed by atoms with van der Waals surface area (Å²) >= 11 is 0. The summed E-state index contributed by atoms with van der Waals surface area (Å²) in [7, 11) is 3.10. The zero-order valence-corrected chi connectivity index (χ0v) is 17.2. The van der Waals surface area contributed by atoms with Gasteiger partial charge in [-0.2, -0.15) is 0 Å². The van der Waals surface area contributed by atoms with E-state index in [0.717, 1.165) is 0 Å². The predicted octanol–water partition coefficient (Wildman–Crippen LogP) is 3.62. The third kappa shape index (κ3) is 4.10. The second-order valence-corrected chi connectivity index (χ2v) is 6.63. The molecule has 1 N–H and O–H groups in total. The molecule has 1 amide bonds. The van der Waals surface area contributed by atoms with E-state index < -0.39 is 17.2 Å². The number of aromatic nitrogens is 1. The highest BCUT2D eigenvalue weighted by molar-refractivity contribution is 6.06. The number of ether oxygens (including phenoxy) is 2. The minimum absolute atomic E-state index is 0.0590. The van der Waals surface area contributed by atoms with Gasteiger partial charge in [0.25, 0.3) is 11.5 Å². The summed E-state index contributed by atoms with van der Waals surface area (Å²) in [6, 6.07) is 15.0. The zero-order valence-electron chi connectivity index (χ0n) is 17.2. The number of carbonyl (C=O) groups is 2. The Morgan fingerprint density at radius 2 is 1.40 bits per heavy atom. The minimum atomic E-state index is -0.480. The van der Waals surface area contributed by atoms with Crippen LogP contribution >= 0.6 is 0 Å². The maximum atomic E-state index is 13.0. The summed E-state index contributed by atoms with van der Waals surface area (Å²) in [5.41, 5.74) is 1.20. The van der Waals surface area contributed by atoms with E-state index in [-0.39, 0.29) is 11.1 Å². The van der Waals surface area contributed by atoms with Gasteiger partial charge in [0.1, 0.15) is 11.5 Å². The molecule has 0 spiro atoms. The fraction of sp³-hybridized carbons (Fsp3) is 0.174. The van der Waals surface area contributed by atoms with Gasteiger partial charge in [0.15, 0.2) is 5.78 Å². The van der Waals surface area contributed by atoms with Crippen molar-refractivity contribution in [1.29, 1.82) is 0 Å². The molecule has 0 aliphatic heterocycles. The molecule has 3 aromatic rings. The van der Waals surface area contributed by atoms with Gasteiger partial charge in [-0.1, -0.05) is 0 Å². The number of anilines is 1. The quantitative estimate of drug-likeness (QED) is 0.632. The Kier molecular flexibility index (Phi) is 6.01. The van der Waals surface area contributed by atoms with Crippen LogP contribution in [0.2, 0.25) is 0 Å². The fourth-order valence-corrected chi connectivity index (χ4v) is 3.10. The zero-order chi connectivity index (χ0) is 21.8. The molecule has 0 aliphatic carbocycles. The highest BCUT2D eigenvalue weighted by Gasteiger charge is 2.20. The SMILES string of the molecule is COc1ccc(NC(=O)c2cc(C(C)=O)c(=O)n(-c3ccc(OC)cc3)c2C)cc1. The highest BCUT2D eigenvalue weighted by Crippen LogP contribution is 2.20. The molecule has 0 unspecified atom stereocenters. The maximum absolute atomic E-state index is 13.0. The summed E-state index contributed by atoms with van der Waals surface area (Å²) in [6.07, 6.45) is 0. The molecular formula is C23H22N2O5. The van der Waals surface area contributed by atoms with Crippen LogP contribution in [0.4, 0.5) is 5.69 Å². The topological polar surface area (TPSA) is 86.6 Å². The van der Waals surface area contributed by atoms with Crippen molar-refractivity contribution in [2.45, 2.75) is 13.8 Å². The lowest BCUT2D eigenvalue weighted by molar-refractivity contribution is 0.101. The van der Waals surface area contributed by atoms with Crippen LogP contribution in [0.5, 0.6) is 11.5 Å². The largest absolute Gasteiger partial charge is 0.497 e. The van der Waals surface area contributed by atoms with Gasteiger partial charge in [-0.3, -0.25) is 19.0 Å². The third-order valence-corrected chi connectivity index (χ3v) is 4.75. The molecule has 3 rings (SSSR count). The van der Waals surface area contributed by atoms with Crippen molar-refractivity contribution in [1.82, 2.24) is 4.57 Å². The number of hydrogen-bond acceptors (Lipinski definition) is 5. The molecule has 0 atom stereocenters. The van der Waals surface area contributed by atoms with E-state index in [2.05, 4.69) is 5.32 Å². The normalized spacial score (nSPS) is 10.4. The van der Waals surface area contributed by atoms with E-state index in [1.807, 2.05) is 0 Å². The number of hydrogen-bond donors (Lipinski definition) is 1. The maximum Gasteiger partial charge on any atom is 0.266 e. The average Bonchev–Trinajstić information content (AvgIpc) is 2.74. The first-order valence-corrected chi connectivity index (χ1v) is 9.23. The lowest BCUT2D eigenvalue weighted by atomic mass is 10.1. The Labute approximate surface area is 173 Å². The molecule has 30 heavy (non-hydrogen) atoms. The highest BCUT2D eigenvalue weighted by atomic mass is 16.5. The standard InChI is InChI=1S/C23H22N2O5/c1-14-20(22(27)24-16-5-9-18(29-3)10-6-16)13-21(15(2)26)23(28)25(14)17-7-11-19(30-4)12-8-17/h5-13H,1-4H3,(H,24,27). The van der Waals surface area contributed by atoms with Gasteiger partial charge in [0.2, 0.25) is 0 Å². The van der Waals surface area contributed by atoms with Crippen molar-refractivity contribution < 1.29 is 19.1 Å². The fourth-order valence-electron chi connectivity index (χ4n) is 3.10. The molecule has 0 fully saturated rings. The summed E-state index contributed by atoms with van der Waals surface area (Å²) in [5, 5.41) is 2.79. The number of amides is 1. The van der Waals surface area contributed by atoms with Crippen molar-refractivity contribution >= 4 is 17.4 Å². The number of Topliss-reactive ketones (excluding diaryl/α,β-unsaturated/α-hetero) is 1. The average molecular weight is 406 g/mol. The van der Waals surface area contributed by atoms with Crippen molar-refractivity contribution in [2.24, 2.45) is 0 Å². The molecule has 0 saturated carbocycles. The molecule has 0 bridgehead atoms. The Morgan fingerprint density at radius 1 is 0.867 bits per heavy atom. The summed E-state index contributed by atoms with van der Waals surface area (Å²) in [5.74, 6) is 0.448. The molecule has 2 aromatic carbocycles. The molecule has 154 valence electrons. The van der Waals surface area contributed by atoms with Gasteiger partial charge in [0.05, 0.1) is 25.3 Å². The molecule has 0 aliphatic rings. The number of ketones is 1. The van der Waals surface area contributed by atoms with Crippen LogP contribution in [0.3, 0.4) is 0 Å². The smallest absolute Gasteiger partial charge is 0.266 e. The van der Waals surface area contributed by atoms with E-state index in [0.29, 0.717) is 28.6 Å². The van der Waals surface area contributed by atoms with Gasteiger partial charge < -0.3 is 14.8 Å². The van der Waals surface area contributed by atoms with Crippen molar-refractivity contribution in [3.8, 4) is 17.2 Å². The number of pyridine rings is 1. The summed E-state index contributed by atoms with van der Waals surface area (Å²) in [4.78, 5) is 38.0. The van der Waals surface area contributed by atoms with E-state index in [1.165, 1.54) is 17.6 Å². The van der Waals surface area contributed by atoms with Crippen molar-refractivity contribution in [3.05, 3.63) is 81.8 Å². The molecule has 7 heteroatoms. The van der Waals surface area contributed by atoms with Crippen LogP contribution in [0.15, 0.2) is 59.4 Å². The first-order chi connectivity index (χ1) is 14.3. The molecule has 0 radical (unpaired) electrons. The van der Waals surface area contributed by atoms with Crippen LogP contribution in [-0.4, -0.2) is 30.5 Å². The van der Waals surface area contributed by atoms with Gasteiger partial charge in [0, 0.05) is 17.1 Å². The second-order valence-electron chi connectivity index (χ2n) is 6.63. The van der Waals surface area contributed by atoms with Crippen LogP contribution in [0.1, 0.15) is 33.3 Å². The van der Waals surface area contributed by atoms with Crippen LogP contribution in [0, 0.1) is 6.92 Å². The number of nitrogens with one attached hydrogen (secondary N) is 1. The van der Waals surface area contributed by atoms with Gasteiger partial charge in [-0.15, -0.1) is 0 Å². The van der Waals surface area contributed by atoms with Crippen LogP contribution < -0.4 is 20.3 Å². The number of rotatable bonds is 6.